The van der Waals surface area contributed by atoms with Gasteiger partial charge in [-0.2, -0.15) is 4.98 Å². The topological polar surface area (TPSA) is 80.0 Å². The molecule has 2 aromatic heterocycles. The van der Waals surface area contributed by atoms with E-state index in [1.54, 1.807) is 17.8 Å². The number of benzene rings is 1. The van der Waals surface area contributed by atoms with Gasteiger partial charge < -0.3 is 10.4 Å². The molecule has 1 fully saturated rings. The zero-order valence-electron chi connectivity index (χ0n) is 17.0. The lowest BCUT2D eigenvalue weighted by molar-refractivity contribution is 0.0196. The number of fused-ring (bicyclic) bond motifs is 1. The molecule has 3 aromatic rings. The molecule has 0 atom stereocenters. The number of aromatic nitrogens is 3. The summed E-state index contributed by atoms with van der Waals surface area (Å²) < 4.78 is 1.59. The molecule has 0 aliphatic heterocycles. The van der Waals surface area contributed by atoms with Gasteiger partial charge in [0.1, 0.15) is 5.65 Å². The molecule has 2 heterocycles. The highest BCUT2D eigenvalue weighted by Gasteiger charge is 2.28. The molecule has 2 N–H and O–H groups in total. The Hall–Kier alpha value is -2.44. The molecule has 0 radical (unpaired) electrons. The predicted octanol–water partition coefficient (Wildman–Crippen LogP) is 3.83. The fraction of sp³-hybridized carbons (Fsp3) is 0.409. The number of halogens is 1. The summed E-state index contributed by atoms with van der Waals surface area (Å²) in [6.07, 6.45) is 5.04. The van der Waals surface area contributed by atoms with Crippen molar-refractivity contribution >= 4 is 29.4 Å². The minimum Gasteiger partial charge on any atom is -0.390 e. The minimum atomic E-state index is -0.571. The quantitative estimate of drug-likeness (QED) is 0.680. The Labute approximate surface area is 176 Å². The van der Waals surface area contributed by atoms with Gasteiger partial charge in [0.25, 0.3) is 5.56 Å². The number of hydrogen-bond acceptors (Lipinski definition) is 5. The van der Waals surface area contributed by atoms with Crippen LogP contribution in [0.2, 0.25) is 0 Å². The van der Waals surface area contributed by atoms with Crippen molar-refractivity contribution in [1.29, 1.82) is 0 Å². The number of nitrogens with zero attached hydrogens (tertiary/aromatic N) is 3. The van der Waals surface area contributed by atoms with Crippen LogP contribution in [0.25, 0.3) is 22.2 Å². The van der Waals surface area contributed by atoms with Gasteiger partial charge in [-0.25, -0.2) is 4.98 Å². The molecule has 0 unspecified atom stereocenters. The Morgan fingerprint density at radius 3 is 2.59 bits per heavy atom. The number of aryl methyl sites for hydroxylation is 2. The number of aliphatic hydroxyl groups is 1. The highest BCUT2D eigenvalue weighted by molar-refractivity contribution is 5.85. The molecule has 154 valence electrons. The van der Waals surface area contributed by atoms with Crippen molar-refractivity contribution < 1.29 is 5.11 Å². The van der Waals surface area contributed by atoms with Crippen LogP contribution < -0.4 is 10.9 Å². The van der Waals surface area contributed by atoms with Crippen LogP contribution >= 0.6 is 12.4 Å². The van der Waals surface area contributed by atoms with E-state index in [1.807, 2.05) is 44.2 Å². The minimum absolute atomic E-state index is 0. The van der Waals surface area contributed by atoms with Gasteiger partial charge in [0, 0.05) is 30.2 Å². The van der Waals surface area contributed by atoms with Gasteiger partial charge in [0.15, 0.2) is 0 Å². The third-order valence-electron chi connectivity index (χ3n) is 5.78. The van der Waals surface area contributed by atoms with E-state index in [0.29, 0.717) is 17.2 Å². The zero-order chi connectivity index (χ0) is 19.9. The SMILES string of the molecule is Cc1ccccc1-c1cc2cnc(NC3CCC(C)(O)CC3)nc2n(C)c1=O.Cl. The zero-order valence-corrected chi connectivity index (χ0v) is 17.8. The molecule has 0 saturated heterocycles. The first-order valence-electron chi connectivity index (χ1n) is 9.76. The average Bonchev–Trinajstić information content (AvgIpc) is 2.67. The van der Waals surface area contributed by atoms with E-state index in [-0.39, 0.29) is 24.0 Å². The normalized spacial score (nSPS) is 21.6. The molecule has 0 amide bonds. The van der Waals surface area contributed by atoms with Gasteiger partial charge in [-0.15, -0.1) is 12.4 Å². The lowest BCUT2D eigenvalue weighted by Gasteiger charge is -2.33. The number of hydrogen-bond donors (Lipinski definition) is 2. The van der Waals surface area contributed by atoms with Crippen LogP contribution in [-0.2, 0) is 7.05 Å². The Bertz CT molecular complexity index is 1080. The molecule has 29 heavy (non-hydrogen) atoms. The first-order chi connectivity index (χ1) is 13.3. The number of nitrogens with one attached hydrogen (secondary N) is 1. The average molecular weight is 415 g/mol. The molecule has 1 saturated carbocycles. The van der Waals surface area contributed by atoms with Crippen LogP contribution in [0.4, 0.5) is 5.95 Å². The highest BCUT2D eigenvalue weighted by atomic mass is 35.5. The van der Waals surface area contributed by atoms with E-state index in [2.05, 4.69) is 15.3 Å². The van der Waals surface area contributed by atoms with Crippen LogP contribution in [0.15, 0.2) is 41.3 Å². The van der Waals surface area contributed by atoms with Crippen LogP contribution in [-0.4, -0.2) is 31.3 Å². The second-order valence-corrected chi connectivity index (χ2v) is 8.13. The Balaban J connectivity index is 0.00000240. The first kappa shape index (κ1) is 21.3. The second-order valence-electron chi connectivity index (χ2n) is 8.13. The fourth-order valence-electron chi connectivity index (χ4n) is 3.95. The summed E-state index contributed by atoms with van der Waals surface area (Å²) >= 11 is 0. The maximum atomic E-state index is 13.0. The van der Waals surface area contributed by atoms with Crippen LogP contribution in [0.5, 0.6) is 0 Å². The monoisotopic (exact) mass is 414 g/mol. The molecular weight excluding hydrogens is 388 g/mol. The standard InChI is InChI=1S/C22H26N4O2.ClH/c1-14-6-4-5-7-17(14)18-12-15-13-23-21(25-19(15)26(3)20(18)27)24-16-8-10-22(2,28)11-9-16;/h4-7,12-13,16,28H,8-11H2,1-3H3,(H,23,24,25);1H. The summed E-state index contributed by atoms with van der Waals surface area (Å²) in [6.45, 7) is 3.89. The molecular formula is C22H27ClN4O2. The van der Waals surface area contributed by atoms with Crippen molar-refractivity contribution in [3.63, 3.8) is 0 Å². The summed E-state index contributed by atoms with van der Waals surface area (Å²) in [6, 6.07) is 9.99. The van der Waals surface area contributed by atoms with Crippen molar-refractivity contribution in [2.45, 2.75) is 51.2 Å². The lowest BCUT2D eigenvalue weighted by Crippen LogP contribution is -2.36. The van der Waals surface area contributed by atoms with E-state index in [0.717, 1.165) is 42.2 Å². The van der Waals surface area contributed by atoms with Crippen molar-refractivity contribution in [1.82, 2.24) is 14.5 Å². The Kier molecular flexibility index (Phi) is 5.96. The number of pyridine rings is 1. The molecule has 7 heteroatoms. The van der Waals surface area contributed by atoms with Gasteiger partial charge in [-0.1, -0.05) is 24.3 Å². The van der Waals surface area contributed by atoms with Crippen molar-refractivity contribution in [3.8, 4) is 11.1 Å². The Morgan fingerprint density at radius 1 is 1.21 bits per heavy atom. The number of rotatable bonds is 3. The van der Waals surface area contributed by atoms with Crippen molar-refractivity contribution in [2.24, 2.45) is 7.05 Å². The van der Waals surface area contributed by atoms with E-state index in [1.165, 1.54) is 0 Å². The predicted molar refractivity (Wildman–Crippen MR) is 119 cm³/mol. The third-order valence-corrected chi connectivity index (χ3v) is 5.78. The van der Waals surface area contributed by atoms with Gasteiger partial charge in [-0.3, -0.25) is 9.36 Å². The summed E-state index contributed by atoms with van der Waals surface area (Å²) in [5, 5.41) is 14.3. The maximum Gasteiger partial charge on any atom is 0.259 e. The molecule has 6 nitrogen and oxygen atoms in total. The van der Waals surface area contributed by atoms with Gasteiger partial charge in [-0.05, 0) is 56.7 Å². The summed E-state index contributed by atoms with van der Waals surface area (Å²) in [5.41, 5.74) is 2.63. The molecule has 0 spiro atoms. The third kappa shape index (κ3) is 4.28. The maximum absolute atomic E-state index is 13.0. The lowest BCUT2D eigenvalue weighted by atomic mass is 9.84. The van der Waals surface area contributed by atoms with Gasteiger partial charge in [0.05, 0.1) is 5.60 Å². The molecule has 1 aliphatic rings. The van der Waals surface area contributed by atoms with E-state index in [9.17, 15) is 9.90 Å². The second kappa shape index (κ2) is 8.13. The number of anilines is 1. The summed E-state index contributed by atoms with van der Waals surface area (Å²) in [4.78, 5) is 22.0. The first-order valence-corrected chi connectivity index (χ1v) is 9.76. The Morgan fingerprint density at radius 2 is 1.90 bits per heavy atom. The summed E-state index contributed by atoms with van der Waals surface area (Å²) in [7, 11) is 1.75. The largest absolute Gasteiger partial charge is 0.390 e. The molecule has 4 rings (SSSR count). The van der Waals surface area contributed by atoms with Crippen molar-refractivity contribution in [3.05, 3.63) is 52.4 Å². The van der Waals surface area contributed by atoms with Gasteiger partial charge >= 0.3 is 0 Å². The smallest absolute Gasteiger partial charge is 0.259 e. The summed E-state index contributed by atoms with van der Waals surface area (Å²) in [5.74, 6) is 0.526. The van der Waals surface area contributed by atoms with E-state index >= 15 is 0 Å². The van der Waals surface area contributed by atoms with Crippen LogP contribution in [0.1, 0.15) is 38.2 Å². The van der Waals surface area contributed by atoms with Crippen LogP contribution in [0.3, 0.4) is 0 Å². The molecule has 0 bridgehead atoms. The van der Waals surface area contributed by atoms with E-state index < -0.39 is 5.60 Å². The van der Waals surface area contributed by atoms with E-state index in [4.69, 9.17) is 0 Å². The molecule has 1 aliphatic carbocycles. The van der Waals surface area contributed by atoms with Crippen molar-refractivity contribution in [2.75, 3.05) is 5.32 Å². The van der Waals surface area contributed by atoms with Gasteiger partial charge in [0.2, 0.25) is 5.95 Å². The van der Waals surface area contributed by atoms with Crippen LogP contribution in [0, 0.1) is 6.92 Å². The fourth-order valence-corrected chi connectivity index (χ4v) is 3.95. The highest BCUT2D eigenvalue weighted by Crippen LogP contribution is 2.29. The molecule has 1 aromatic carbocycles.